The van der Waals surface area contributed by atoms with Gasteiger partial charge in [-0.2, -0.15) is 0 Å². The first-order valence-corrected chi connectivity index (χ1v) is 25.9. The molecule has 15 heteroatoms. The van der Waals surface area contributed by atoms with Crippen LogP contribution in [0.2, 0.25) is 17.9 Å². The third-order valence-corrected chi connectivity index (χ3v) is 60.3. The van der Waals surface area contributed by atoms with Crippen LogP contribution in [0.15, 0.2) is 0 Å². The Kier molecular flexibility index (Phi) is 9.24. The van der Waals surface area contributed by atoms with Crippen LogP contribution in [0.1, 0.15) is 25.7 Å². The molecule has 4 fully saturated rings. The van der Waals surface area contributed by atoms with Gasteiger partial charge in [0.2, 0.25) is 0 Å². The van der Waals surface area contributed by atoms with Gasteiger partial charge in [-0.25, -0.2) is 0 Å². The zero-order valence-electron chi connectivity index (χ0n) is 14.7. The van der Waals surface area contributed by atoms with Crippen LogP contribution >= 0.6 is 0 Å². The molecule has 0 aliphatic carbocycles. The Labute approximate surface area is 166 Å². The normalized spacial score (nSPS) is 42.5. The molecule has 0 atom stereocenters. The van der Waals surface area contributed by atoms with E-state index in [-0.39, 0.29) is 0 Å². The van der Waals surface area contributed by atoms with Gasteiger partial charge in [-0.3, -0.25) is 0 Å². The Morgan fingerprint density at radius 2 is 0.741 bits per heavy atom. The number of rotatable bonds is 2. The summed E-state index contributed by atoms with van der Waals surface area (Å²) in [5, 5.41) is 0. The number of fused-ring (bicyclic) bond motifs is 2. The average Bonchev–Trinajstić information content (AvgIpc) is 3.13. The molecule has 4 saturated heterocycles. The van der Waals surface area contributed by atoms with Crippen molar-refractivity contribution in [2.24, 2.45) is 0 Å². The summed E-state index contributed by atoms with van der Waals surface area (Å²) in [5.74, 6) is 6.42. The molecule has 0 unspecified atom stereocenters. The van der Waals surface area contributed by atoms with Crippen LogP contribution in [0.3, 0.4) is 0 Å². The second-order valence-corrected chi connectivity index (χ2v) is 42.2. The minimum absolute atomic E-state index is 0.883. The van der Waals surface area contributed by atoms with Crippen LogP contribution in [0, 0.1) is 0 Å². The van der Waals surface area contributed by atoms with Gasteiger partial charge in [-0.05, 0) is 0 Å². The minimum Gasteiger partial charge on any atom is -0.418 e. The van der Waals surface area contributed by atoms with E-state index in [0.29, 0.717) is 0 Å². The Hall–Kier alpha value is 1.81. The third kappa shape index (κ3) is 8.10. The van der Waals surface area contributed by atoms with Crippen LogP contribution in [-0.2, 0) is 17.7 Å². The second-order valence-electron chi connectivity index (χ2n) is 6.47. The fourth-order valence-corrected chi connectivity index (χ4v) is 81.5. The van der Waals surface area contributed by atoms with Crippen LogP contribution in [0.25, 0.3) is 0 Å². The Bertz CT molecular complexity index is 425. The molecule has 164 valence electrons. The predicted molar refractivity (Wildman–Crippen MR) is 105 cm³/mol. The van der Waals surface area contributed by atoms with Crippen molar-refractivity contribution in [3.8, 4) is 0 Å². The fourth-order valence-electron chi connectivity index (χ4n) is 3.69. The van der Waals surface area contributed by atoms with Crippen molar-refractivity contribution in [3.05, 3.63) is 0 Å². The van der Waals surface area contributed by atoms with E-state index in [9.17, 15) is 34.5 Å². The van der Waals surface area contributed by atoms with Gasteiger partial charge in [0, 0.05) is 0 Å². The van der Waals surface area contributed by atoms with E-state index in [1.165, 1.54) is 0 Å². The molecule has 0 amide bonds. The van der Waals surface area contributed by atoms with Gasteiger partial charge in [-0.15, -0.1) is 0 Å². The van der Waals surface area contributed by atoms with Crippen LogP contribution in [0.5, 0.6) is 0 Å². The SMILES string of the molecule is C1C[S+]2CCC[Te]2(O[Te]23CCC[S+]2CCC3)C1.F[B-](F)(F)F.F[B-](F)(F)F. The summed E-state index contributed by atoms with van der Waals surface area (Å²) in [6.45, 7) is 0. The van der Waals surface area contributed by atoms with Gasteiger partial charge in [-0.1, -0.05) is 0 Å². The minimum atomic E-state index is -6.00. The molecule has 0 saturated carbocycles. The van der Waals surface area contributed by atoms with Crippen LogP contribution in [0.4, 0.5) is 34.5 Å². The number of halogens is 8. The van der Waals surface area contributed by atoms with Crippen molar-refractivity contribution in [3.63, 3.8) is 0 Å². The van der Waals surface area contributed by atoms with E-state index >= 15 is 0 Å². The molecule has 4 aliphatic rings. The van der Waals surface area contributed by atoms with Gasteiger partial charge >= 0.3 is 133 Å². The van der Waals surface area contributed by atoms with Crippen molar-refractivity contribution in [1.29, 1.82) is 0 Å². The van der Waals surface area contributed by atoms with E-state index in [1.54, 1.807) is 66.6 Å². The molecule has 4 aliphatic heterocycles. The molecule has 4 rings (SSSR count). The maximum absolute atomic E-state index is 9.75. The summed E-state index contributed by atoms with van der Waals surface area (Å²) in [4.78, 5) is 0. The second kappa shape index (κ2) is 9.95. The van der Waals surface area contributed by atoms with E-state index < -0.39 is 48.9 Å². The zero-order valence-corrected chi connectivity index (χ0v) is 21.0. The summed E-state index contributed by atoms with van der Waals surface area (Å²) in [5.41, 5.74) is 0. The van der Waals surface area contributed by atoms with Crippen molar-refractivity contribution in [1.82, 2.24) is 0 Å². The summed E-state index contributed by atoms with van der Waals surface area (Å²) in [6, 6.07) is 0. The largest absolute Gasteiger partial charge is 0.673 e. The van der Waals surface area contributed by atoms with Crippen molar-refractivity contribution in [2.45, 2.75) is 43.6 Å². The smallest absolute Gasteiger partial charge is 0.418 e. The molecule has 1 nitrogen and oxygen atoms in total. The van der Waals surface area contributed by atoms with Gasteiger partial charge in [0.05, 0.1) is 0 Å². The van der Waals surface area contributed by atoms with Gasteiger partial charge in [0.15, 0.2) is 0 Å². The Morgan fingerprint density at radius 1 is 0.519 bits per heavy atom. The molecule has 27 heavy (non-hydrogen) atoms. The molecular formula is C12H24B2F8OS2Te2. The first kappa shape index (κ1) is 25.1. The molecule has 0 radical (unpaired) electrons. The average molecular weight is 677 g/mol. The third-order valence-electron chi connectivity index (χ3n) is 4.42. The van der Waals surface area contributed by atoms with Crippen molar-refractivity contribution >= 4 is 65.2 Å². The Balaban J connectivity index is 0.000000221. The van der Waals surface area contributed by atoms with Gasteiger partial charge < -0.3 is 34.5 Å². The summed E-state index contributed by atoms with van der Waals surface area (Å²) < 4.78 is 91.9. The van der Waals surface area contributed by atoms with E-state index in [0.717, 1.165) is 16.2 Å². The van der Waals surface area contributed by atoms with Crippen LogP contribution < -0.4 is 0 Å². The van der Waals surface area contributed by atoms with Crippen molar-refractivity contribution in [2.75, 3.05) is 23.0 Å². The first-order chi connectivity index (χ1) is 12.3. The van der Waals surface area contributed by atoms with E-state index in [1.807, 2.05) is 0 Å². The topological polar surface area (TPSA) is 9.23 Å². The summed E-state index contributed by atoms with van der Waals surface area (Å²) in [7, 11) is -10.2. The predicted octanol–water partition coefficient (Wildman–Crippen LogP) is 5.34. The molecule has 0 bridgehead atoms. The number of hydrogen-bond donors (Lipinski definition) is 0. The summed E-state index contributed by atoms with van der Waals surface area (Å²) >= 11 is -3.47. The molecule has 0 N–H and O–H groups in total. The zero-order chi connectivity index (χ0) is 20.3. The molecule has 0 aromatic heterocycles. The molecule has 0 aromatic carbocycles. The van der Waals surface area contributed by atoms with Crippen LogP contribution in [-0.4, -0.2) is 72.0 Å². The van der Waals surface area contributed by atoms with Gasteiger partial charge in [0.1, 0.15) is 0 Å². The van der Waals surface area contributed by atoms with Gasteiger partial charge in [0.25, 0.3) is 0 Å². The Morgan fingerprint density at radius 3 is 0.963 bits per heavy atom. The standard InChI is InChI=1S/C12H24OS2Te2.2BF4/c1-5-14-6-2-10-16(14,9-1)13-17-11-3-7-15(17)8-4-12-17;2*2-1(3,4)5/h1-12H2;;/q+2;2*-1. The fraction of sp³-hybridized carbons (Fsp3) is 1.00. The molecule has 4 heterocycles. The van der Waals surface area contributed by atoms with Crippen molar-refractivity contribution < 1.29 is 36.0 Å². The quantitative estimate of drug-likeness (QED) is 0.218. The van der Waals surface area contributed by atoms with E-state index in [2.05, 4.69) is 0 Å². The molecule has 0 aromatic rings. The molecule has 0 spiro atoms. The molecular weight excluding hydrogens is 653 g/mol. The first-order valence-electron chi connectivity index (χ1n) is 8.72. The van der Waals surface area contributed by atoms with E-state index in [4.69, 9.17) is 1.47 Å². The summed E-state index contributed by atoms with van der Waals surface area (Å²) in [6.07, 6.45) is 6.26. The number of hydrogen-bond acceptors (Lipinski definition) is 1. The maximum atomic E-state index is 9.75. The maximum Gasteiger partial charge on any atom is 0.673 e. The monoisotopic (exact) mass is 682 g/mol.